The van der Waals surface area contributed by atoms with Crippen molar-refractivity contribution in [2.45, 2.75) is 51.7 Å². The maximum Gasteiger partial charge on any atom is 0.227 e. The van der Waals surface area contributed by atoms with Crippen LogP contribution in [0.5, 0.6) is 0 Å². The van der Waals surface area contributed by atoms with Crippen LogP contribution in [0.25, 0.3) is 0 Å². The van der Waals surface area contributed by atoms with E-state index in [9.17, 15) is 4.79 Å². The SMILES string of the molecule is CC(N)C(C)C(=O)N1CC2CCCN2CC1C. The van der Waals surface area contributed by atoms with E-state index in [1.165, 1.54) is 19.4 Å². The van der Waals surface area contributed by atoms with Gasteiger partial charge in [0.2, 0.25) is 5.91 Å². The van der Waals surface area contributed by atoms with Gasteiger partial charge in [0.05, 0.1) is 5.92 Å². The van der Waals surface area contributed by atoms with Gasteiger partial charge < -0.3 is 10.6 Å². The second-order valence-electron chi connectivity index (χ2n) is 5.78. The number of hydrogen-bond donors (Lipinski definition) is 1. The maximum atomic E-state index is 12.4. The van der Waals surface area contributed by atoms with Gasteiger partial charge >= 0.3 is 0 Å². The highest BCUT2D eigenvalue weighted by Crippen LogP contribution is 2.25. The number of hydrogen-bond acceptors (Lipinski definition) is 3. The summed E-state index contributed by atoms with van der Waals surface area (Å²) in [5, 5.41) is 0. The quantitative estimate of drug-likeness (QED) is 0.770. The molecule has 0 radical (unpaired) electrons. The third-order valence-electron chi connectivity index (χ3n) is 4.40. The van der Waals surface area contributed by atoms with E-state index in [4.69, 9.17) is 5.73 Å². The number of nitrogens with zero attached hydrogens (tertiary/aromatic N) is 2. The molecule has 2 saturated heterocycles. The molecule has 4 unspecified atom stereocenters. The Morgan fingerprint density at radius 1 is 1.35 bits per heavy atom. The molecule has 0 bridgehead atoms. The number of carbonyl (C=O) groups excluding carboxylic acids is 1. The van der Waals surface area contributed by atoms with E-state index >= 15 is 0 Å². The summed E-state index contributed by atoms with van der Waals surface area (Å²) in [7, 11) is 0. The van der Waals surface area contributed by atoms with Gasteiger partial charge in [0.25, 0.3) is 0 Å². The van der Waals surface area contributed by atoms with E-state index in [-0.39, 0.29) is 17.9 Å². The molecule has 4 atom stereocenters. The molecule has 1 amide bonds. The fraction of sp³-hybridized carbons (Fsp3) is 0.923. The first-order chi connectivity index (χ1) is 8.00. The van der Waals surface area contributed by atoms with E-state index in [0.29, 0.717) is 12.1 Å². The van der Waals surface area contributed by atoms with Crippen molar-refractivity contribution in [2.24, 2.45) is 11.7 Å². The van der Waals surface area contributed by atoms with Gasteiger partial charge in [-0.25, -0.2) is 0 Å². The summed E-state index contributed by atoms with van der Waals surface area (Å²) >= 11 is 0. The predicted octanol–water partition coefficient (Wildman–Crippen LogP) is 0.665. The number of rotatable bonds is 2. The number of piperazine rings is 1. The minimum absolute atomic E-state index is 0.0590. The Kier molecular flexibility index (Phi) is 3.73. The van der Waals surface area contributed by atoms with Gasteiger partial charge in [-0.2, -0.15) is 0 Å². The van der Waals surface area contributed by atoms with E-state index in [1.54, 1.807) is 0 Å². The molecule has 0 aromatic heterocycles. The summed E-state index contributed by atoms with van der Waals surface area (Å²) in [6.07, 6.45) is 2.52. The lowest BCUT2D eigenvalue weighted by Gasteiger charge is -2.43. The molecule has 4 nitrogen and oxygen atoms in total. The van der Waals surface area contributed by atoms with Crippen molar-refractivity contribution in [3.8, 4) is 0 Å². The molecule has 4 heteroatoms. The molecule has 2 fully saturated rings. The Balaban J connectivity index is 2.03. The molecule has 2 N–H and O–H groups in total. The highest BCUT2D eigenvalue weighted by Gasteiger charge is 2.37. The molecule has 2 aliphatic heterocycles. The van der Waals surface area contributed by atoms with E-state index in [2.05, 4.69) is 16.7 Å². The van der Waals surface area contributed by atoms with Crippen molar-refractivity contribution in [3.63, 3.8) is 0 Å². The highest BCUT2D eigenvalue weighted by atomic mass is 16.2. The first-order valence-electron chi connectivity index (χ1n) is 6.80. The summed E-state index contributed by atoms with van der Waals surface area (Å²) in [5.41, 5.74) is 5.84. The monoisotopic (exact) mass is 239 g/mol. The normalized spacial score (nSPS) is 33.3. The third kappa shape index (κ3) is 2.47. The zero-order valence-corrected chi connectivity index (χ0v) is 11.2. The minimum Gasteiger partial charge on any atom is -0.337 e. The first kappa shape index (κ1) is 12.8. The Morgan fingerprint density at radius 2 is 2.06 bits per heavy atom. The summed E-state index contributed by atoms with van der Waals surface area (Å²) in [4.78, 5) is 17.0. The van der Waals surface area contributed by atoms with Crippen LogP contribution in [0.2, 0.25) is 0 Å². The minimum atomic E-state index is -0.0644. The van der Waals surface area contributed by atoms with Crippen LogP contribution < -0.4 is 5.73 Å². The molecular formula is C13H25N3O. The fourth-order valence-corrected chi connectivity index (χ4v) is 2.98. The molecule has 2 heterocycles. The summed E-state index contributed by atoms with van der Waals surface area (Å²) < 4.78 is 0. The molecule has 2 rings (SSSR count). The smallest absolute Gasteiger partial charge is 0.227 e. The van der Waals surface area contributed by atoms with Gasteiger partial charge in [-0.1, -0.05) is 6.92 Å². The van der Waals surface area contributed by atoms with Gasteiger partial charge in [-0.3, -0.25) is 9.69 Å². The summed E-state index contributed by atoms with van der Waals surface area (Å²) in [6.45, 7) is 9.15. The molecular weight excluding hydrogens is 214 g/mol. The van der Waals surface area contributed by atoms with Crippen molar-refractivity contribution >= 4 is 5.91 Å². The van der Waals surface area contributed by atoms with Crippen LogP contribution in [0, 0.1) is 5.92 Å². The van der Waals surface area contributed by atoms with Crippen LogP contribution in [-0.2, 0) is 4.79 Å². The predicted molar refractivity (Wildman–Crippen MR) is 68.6 cm³/mol. The number of carbonyl (C=O) groups is 1. The molecule has 17 heavy (non-hydrogen) atoms. The van der Waals surface area contributed by atoms with Crippen LogP contribution >= 0.6 is 0 Å². The fourth-order valence-electron chi connectivity index (χ4n) is 2.98. The highest BCUT2D eigenvalue weighted by molar-refractivity contribution is 5.79. The van der Waals surface area contributed by atoms with Crippen molar-refractivity contribution in [1.82, 2.24) is 9.80 Å². The topological polar surface area (TPSA) is 49.6 Å². The maximum absolute atomic E-state index is 12.4. The lowest BCUT2D eigenvalue weighted by Crippen LogP contribution is -2.58. The largest absolute Gasteiger partial charge is 0.337 e. The molecule has 0 aliphatic carbocycles. The van der Waals surface area contributed by atoms with Crippen molar-refractivity contribution in [3.05, 3.63) is 0 Å². The first-order valence-corrected chi connectivity index (χ1v) is 6.80. The van der Waals surface area contributed by atoms with Crippen molar-refractivity contribution < 1.29 is 4.79 Å². The number of amides is 1. The lowest BCUT2D eigenvalue weighted by atomic mass is 9.99. The Hall–Kier alpha value is -0.610. The lowest BCUT2D eigenvalue weighted by molar-refractivity contribution is -0.141. The van der Waals surface area contributed by atoms with Gasteiger partial charge in [-0.15, -0.1) is 0 Å². The van der Waals surface area contributed by atoms with Crippen LogP contribution in [0.4, 0.5) is 0 Å². The molecule has 98 valence electrons. The van der Waals surface area contributed by atoms with Crippen LogP contribution in [0.1, 0.15) is 33.6 Å². The third-order valence-corrected chi connectivity index (χ3v) is 4.40. The zero-order chi connectivity index (χ0) is 12.6. The molecule has 0 saturated carbocycles. The standard InChI is InChI=1S/C13H25N3O/c1-9-7-15-6-4-5-12(15)8-16(9)13(17)10(2)11(3)14/h9-12H,4-8,14H2,1-3H3. The van der Waals surface area contributed by atoms with Crippen LogP contribution in [0.15, 0.2) is 0 Å². The Morgan fingerprint density at radius 3 is 2.71 bits per heavy atom. The molecule has 0 aromatic carbocycles. The van der Waals surface area contributed by atoms with Gasteiger partial charge in [0.15, 0.2) is 0 Å². The second-order valence-corrected chi connectivity index (χ2v) is 5.78. The Labute approximate surface area is 104 Å². The average molecular weight is 239 g/mol. The van der Waals surface area contributed by atoms with E-state index in [1.807, 2.05) is 13.8 Å². The zero-order valence-electron chi connectivity index (χ0n) is 11.2. The molecule has 2 aliphatic rings. The Bertz CT molecular complexity index is 292. The van der Waals surface area contributed by atoms with E-state index in [0.717, 1.165) is 13.1 Å². The van der Waals surface area contributed by atoms with Gasteiger partial charge in [0.1, 0.15) is 0 Å². The van der Waals surface area contributed by atoms with Gasteiger partial charge in [0, 0.05) is 31.2 Å². The van der Waals surface area contributed by atoms with Crippen molar-refractivity contribution in [1.29, 1.82) is 0 Å². The average Bonchev–Trinajstić information content (AvgIpc) is 2.72. The molecule has 0 spiro atoms. The number of nitrogens with two attached hydrogens (primary N) is 1. The molecule has 0 aromatic rings. The summed E-state index contributed by atoms with van der Waals surface area (Å²) in [6, 6.07) is 0.866. The second kappa shape index (κ2) is 4.94. The summed E-state index contributed by atoms with van der Waals surface area (Å²) in [5.74, 6) is 0.171. The van der Waals surface area contributed by atoms with Crippen molar-refractivity contribution in [2.75, 3.05) is 19.6 Å². The number of fused-ring (bicyclic) bond motifs is 1. The van der Waals surface area contributed by atoms with Gasteiger partial charge in [-0.05, 0) is 33.2 Å². The van der Waals surface area contributed by atoms with E-state index < -0.39 is 0 Å². The van der Waals surface area contributed by atoms with Crippen LogP contribution in [-0.4, -0.2) is 53.5 Å². The van der Waals surface area contributed by atoms with Crippen LogP contribution in [0.3, 0.4) is 0 Å².